The molecule has 2 N–H and O–H groups in total. The number of aromatic nitrogens is 3. The van der Waals surface area contributed by atoms with E-state index in [4.69, 9.17) is 0 Å². The summed E-state index contributed by atoms with van der Waals surface area (Å²) >= 11 is 0. The minimum atomic E-state index is 0. The predicted octanol–water partition coefficient (Wildman–Crippen LogP) is 0.262. The van der Waals surface area contributed by atoms with Gasteiger partial charge in [-0.25, -0.2) is 0 Å². The molecule has 0 saturated carbocycles. The second kappa shape index (κ2) is 3.69. The molecule has 11 heavy (non-hydrogen) atoms. The molecule has 0 atom stereocenters. The Morgan fingerprint density at radius 3 is 2.91 bits per heavy atom. The van der Waals surface area contributed by atoms with Crippen LogP contribution in [0.5, 0.6) is 0 Å². The van der Waals surface area contributed by atoms with Crippen molar-refractivity contribution < 1.29 is 0 Å². The van der Waals surface area contributed by atoms with Crippen molar-refractivity contribution in [3.05, 3.63) is 11.4 Å². The van der Waals surface area contributed by atoms with Crippen molar-refractivity contribution in [3.63, 3.8) is 0 Å². The van der Waals surface area contributed by atoms with E-state index in [0.717, 1.165) is 30.9 Å². The quantitative estimate of drug-likeness (QED) is 0.594. The number of aromatic amines is 1. The first-order valence-electron chi connectivity index (χ1n) is 3.56. The molecule has 0 bridgehead atoms. The molecule has 1 aromatic heterocycles. The Morgan fingerprint density at radius 2 is 2.00 bits per heavy atom. The van der Waals surface area contributed by atoms with E-state index in [-0.39, 0.29) is 12.4 Å². The molecule has 62 valence electrons. The fraction of sp³-hybridized carbons (Fsp3) is 0.667. The van der Waals surface area contributed by atoms with Gasteiger partial charge in [-0.05, 0) is 19.4 Å². The van der Waals surface area contributed by atoms with Crippen molar-refractivity contribution in [2.45, 2.75) is 19.4 Å². The Kier molecular flexibility index (Phi) is 2.84. The second-order valence-corrected chi connectivity index (χ2v) is 2.50. The van der Waals surface area contributed by atoms with Crippen LogP contribution < -0.4 is 5.32 Å². The van der Waals surface area contributed by atoms with Gasteiger partial charge in [0, 0.05) is 6.54 Å². The molecule has 2 heterocycles. The third-order valence-corrected chi connectivity index (χ3v) is 1.76. The van der Waals surface area contributed by atoms with Crippen molar-refractivity contribution >= 4 is 12.4 Å². The zero-order chi connectivity index (χ0) is 6.81. The molecule has 0 spiro atoms. The van der Waals surface area contributed by atoms with E-state index >= 15 is 0 Å². The number of aryl methyl sites for hydroxylation is 1. The molecule has 2 rings (SSSR count). The Bertz CT molecular complexity index is 202. The maximum Gasteiger partial charge on any atom is 0.0994 e. The summed E-state index contributed by atoms with van der Waals surface area (Å²) in [6, 6.07) is 0. The smallest absolute Gasteiger partial charge is 0.0994 e. The molecule has 5 heteroatoms. The number of H-pyrrole nitrogens is 1. The molecular weight excluding hydrogens is 164 g/mol. The van der Waals surface area contributed by atoms with Crippen molar-refractivity contribution in [3.8, 4) is 0 Å². The van der Waals surface area contributed by atoms with Gasteiger partial charge in [0.25, 0.3) is 0 Å². The normalized spacial score (nSPS) is 16.4. The standard InChI is InChI=1S/C6H10N4.ClH/c1-2-5-6(4-7-3-1)9-10-8-5;/h7H,1-4H2,(H,8,9,10);1H. The summed E-state index contributed by atoms with van der Waals surface area (Å²) < 4.78 is 0. The molecule has 0 saturated heterocycles. The maximum atomic E-state index is 4.04. The molecule has 0 radical (unpaired) electrons. The largest absolute Gasteiger partial charge is 0.311 e. The second-order valence-electron chi connectivity index (χ2n) is 2.50. The van der Waals surface area contributed by atoms with Crippen molar-refractivity contribution in [1.82, 2.24) is 20.7 Å². The van der Waals surface area contributed by atoms with Crippen molar-refractivity contribution in [2.75, 3.05) is 6.54 Å². The highest BCUT2D eigenvalue weighted by atomic mass is 35.5. The summed E-state index contributed by atoms with van der Waals surface area (Å²) in [6.07, 6.45) is 2.22. The summed E-state index contributed by atoms with van der Waals surface area (Å²) in [6.45, 7) is 1.95. The summed E-state index contributed by atoms with van der Waals surface area (Å²) in [7, 11) is 0. The molecule has 0 amide bonds. The number of fused-ring (bicyclic) bond motifs is 1. The molecule has 0 unspecified atom stereocenters. The van der Waals surface area contributed by atoms with E-state index < -0.39 is 0 Å². The zero-order valence-corrected chi connectivity index (χ0v) is 6.95. The van der Waals surface area contributed by atoms with Crippen LogP contribution in [-0.4, -0.2) is 22.0 Å². The SMILES string of the molecule is C1CNCc2n[nH]nc2C1.Cl. The van der Waals surface area contributed by atoms with Gasteiger partial charge in [0.1, 0.15) is 0 Å². The number of hydrogen-bond acceptors (Lipinski definition) is 3. The highest BCUT2D eigenvalue weighted by Crippen LogP contribution is 2.06. The Labute approximate surface area is 71.2 Å². The summed E-state index contributed by atoms with van der Waals surface area (Å²) in [5.74, 6) is 0. The molecule has 0 aliphatic carbocycles. The summed E-state index contributed by atoms with van der Waals surface area (Å²) in [5, 5.41) is 14.0. The van der Waals surface area contributed by atoms with Crippen LogP contribution >= 0.6 is 12.4 Å². The van der Waals surface area contributed by atoms with Gasteiger partial charge in [-0.1, -0.05) is 0 Å². The molecule has 0 aromatic carbocycles. The highest BCUT2D eigenvalue weighted by Gasteiger charge is 2.09. The summed E-state index contributed by atoms with van der Waals surface area (Å²) in [5.41, 5.74) is 2.21. The van der Waals surface area contributed by atoms with Gasteiger partial charge in [0.2, 0.25) is 0 Å². The lowest BCUT2D eigenvalue weighted by Gasteiger charge is -1.92. The van der Waals surface area contributed by atoms with E-state index in [1.54, 1.807) is 0 Å². The molecular formula is C6H11ClN4. The minimum Gasteiger partial charge on any atom is -0.311 e. The number of rotatable bonds is 0. The average molecular weight is 175 g/mol. The molecule has 4 nitrogen and oxygen atoms in total. The van der Waals surface area contributed by atoms with Crippen LogP contribution in [0.2, 0.25) is 0 Å². The summed E-state index contributed by atoms with van der Waals surface area (Å²) in [4.78, 5) is 0. The van der Waals surface area contributed by atoms with Crippen LogP contribution in [0, 0.1) is 0 Å². The van der Waals surface area contributed by atoms with E-state index in [1.165, 1.54) is 6.42 Å². The van der Waals surface area contributed by atoms with Gasteiger partial charge in [-0.2, -0.15) is 15.4 Å². The van der Waals surface area contributed by atoms with Crippen LogP contribution in [-0.2, 0) is 13.0 Å². The fourth-order valence-electron chi connectivity index (χ4n) is 1.20. The Balaban J connectivity index is 0.000000605. The molecule has 1 aliphatic heterocycles. The van der Waals surface area contributed by atoms with Crippen LogP contribution in [0.15, 0.2) is 0 Å². The third kappa shape index (κ3) is 1.70. The van der Waals surface area contributed by atoms with Gasteiger partial charge in [0.05, 0.1) is 11.4 Å². The van der Waals surface area contributed by atoms with E-state index in [1.807, 2.05) is 0 Å². The van der Waals surface area contributed by atoms with E-state index in [0.29, 0.717) is 0 Å². The van der Waals surface area contributed by atoms with Crippen molar-refractivity contribution in [2.24, 2.45) is 0 Å². The zero-order valence-electron chi connectivity index (χ0n) is 6.13. The Morgan fingerprint density at radius 1 is 1.18 bits per heavy atom. The Hall–Kier alpha value is -0.610. The number of nitrogens with one attached hydrogen (secondary N) is 2. The first kappa shape index (κ1) is 8.49. The number of nitrogens with zero attached hydrogens (tertiary/aromatic N) is 2. The fourth-order valence-corrected chi connectivity index (χ4v) is 1.20. The lowest BCUT2D eigenvalue weighted by Crippen LogP contribution is -2.12. The molecule has 0 fully saturated rings. The number of hydrogen-bond donors (Lipinski definition) is 2. The number of halogens is 1. The van der Waals surface area contributed by atoms with Crippen LogP contribution in [0.4, 0.5) is 0 Å². The maximum absolute atomic E-state index is 4.04. The molecule has 1 aliphatic rings. The third-order valence-electron chi connectivity index (χ3n) is 1.76. The monoisotopic (exact) mass is 174 g/mol. The topological polar surface area (TPSA) is 53.6 Å². The van der Waals surface area contributed by atoms with Crippen LogP contribution in [0.25, 0.3) is 0 Å². The lowest BCUT2D eigenvalue weighted by atomic mass is 10.2. The van der Waals surface area contributed by atoms with Gasteiger partial charge in [-0.15, -0.1) is 12.4 Å². The average Bonchev–Trinajstić information content (AvgIpc) is 2.28. The van der Waals surface area contributed by atoms with Crippen molar-refractivity contribution in [1.29, 1.82) is 0 Å². The van der Waals surface area contributed by atoms with Gasteiger partial charge in [-0.3, -0.25) is 0 Å². The predicted molar refractivity (Wildman–Crippen MR) is 43.7 cm³/mol. The first-order chi connectivity index (χ1) is 4.97. The lowest BCUT2D eigenvalue weighted by molar-refractivity contribution is 0.662. The van der Waals surface area contributed by atoms with Crippen LogP contribution in [0.3, 0.4) is 0 Å². The highest BCUT2D eigenvalue weighted by molar-refractivity contribution is 5.85. The minimum absolute atomic E-state index is 0. The van der Waals surface area contributed by atoms with Gasteiger partial charge >= 0.3 is 0 Å². The van der Waals surface area contributed by atoms with Gasteiger partial charge < -0.3 is 5.32 Å². The van der Waals surface area contributed by atoms with E-state index in [9.17, 15) is 0 Å². The molecule has 1 aromatic rings. The van der Waals surface area contributed by atoms with E-state index in [2.05, 4.69) is 20.7 Å². The van der Waals surface area contributed by atoms with Crippen LogP contribution in [0.1, 0.15) is 17.8 Å². The van der Waals surface area contributed by atoms with Gasteiger partial charge in [0.15, 0.2) is 0 Å². The first-order valence-corrected chi connectivity index (χ1v) is 3.56.